The van der Waals surface area contributed by atoms with Crippen molar-refractivity contribution in [1.82, 2.24) is 15.2 Å². The fraction of sp³-hybridized carbons (Fsp3) is 0. The van der Waals surface area contributed by atoms with E-state index in [4.69, 9.17) is 0 Å². The lowest BCUT2D eigenvalue weighted by atomic mass is 10.2. The summed E-state index contributed by atoms with van der Waals surface area (Å²) in [5.41, 5.74) is 0.829. The normalized spacial score (nSPS) is 11.2. The minimum Gasteiger partial charge on any atom is -0.257 e. The van der Waals surface area contributed by atoms with Gasteiger partial charge in [-0.05, 0) is 12.1 Å². The summed E-state index contributed by atoms with van der Waals surface area (Å²) >= 11 is 0. The van der Waals surface area contributed by atoms with Crippen molar-refractivity contribution in [3.63, 3.8) is 0 Å². The SMILES string of the molecule is O=S(=O)(Nc1n[nH]c(-c2ccccc2)n1)c1ccccc1. The van der Waals surface area contributed by atoms with Crippen LogP contribution in [0.3, 0.4) is 0 Å². The highest BCUT2D eigenvalue weighted by molar-refractivity contribution is 7.92. The molecule has 3 rings (SSSR count). The summed E-state index contributed by atoms with van der Waals surface area (Å²) in [5.74, 6) is 0.513. The van der Waals surface area contributed by atoms with Crippen LogP contribution in [0.2, 0.25) is 0 Å². The molecule has 1 heterocycles. The second kappa shape index (κ2) is 5.37. The van der Waals surface area contributed by atoms with E-state index in [1.165, 1.54) is 12.1 Å². The van der Waals surface area contributed by atoms with Crippen LogP contribution in [0, 0.1) is 0 Å². The third-order valence-corrected chi connectivity index (χ3v) is 4.16. The maximum atomic E-state index is 12.1. The van der Waals surface area contributed by atoms with Crippen molar-refractivity contribution in [2.24, 2.45) is 0 Å². The molecule has 3 aromatic rings. The van der Waals surface area contributed by atoms with Crippen LogP contribution < -0.4 is 4.72 Å². The number of nitrogens with one attached hydrogen (secondary N) is 2. The van der Waals surface area contributed by atoms with E-state index in [9.17, 15) is 8.42 Å². The molecule has 0 atom stereocenters. The van der Waals surface area contributed by atoms with Crippen molar-refractivity contribution in [3.05, 3.63) is 60.7 Å². The van der Waals surface area contributed by atoms with Gasteiger partial charge in [0.05, 0.1) is 4.90 Å². The standard InChI is InChI=1S/C14H12N4O2S/c19-21(20,12-9-5-2-6-10-12)18-14-15-13(16-17-14)11-7-3-1-4-8-11/h1-10H,(H2,15,16,17,18). The highest BCUT2D eigenvalue weighted by Crippen LogP contribution is 2.17. The van der Waals surface area contributed by atoms with E-state index >= 15 is 0 Å². The first kappa shape index (κ1) is 13.3. The molecular weight excluding hydrogens is 288 g/mol. The van der Waals surface area contributed by atoms with Crippen molar-refractivity contribution in [2.75, 3.05) is 4.72 Å². The summed E-state index contributed by atoms with van der Waals surface area (Å²) in [6.07, 6.45) is 0. The quantitative estimate of drug-likeness (QED) is 0.773. The number of rotatable bonds is 4. The van der Waals surface area contributed by atoms with Crippen molar-refractivity contribution in [1.29, 1.82) is 0 Å². The van der Waals surface area contributed by atoms with Crippen LogP contribution in [-0.2, 0) is 10.0 Å². The molecule has 0 saturated heterocycles. The van der Waals surface area contributed by atoms with Gasteiger partial charge in [0.15, 0.2) is 5.82 Å². The number of H-pyrrole nitrogens is 1. The fourth-order valence-corrected chi connectivity index (χ4v) is 2.78. The topological polar surface area (TPSA) is 87.7 Å². The Morgan fingerprint density at radius 1 is 0.905 bits per heavy atom. The van der Waals surface area contributed by atoms with Crippen molar-refractivity contribution in [3.8, 4) is 11.4 Å². The molecule has 0 saturated carbocycles. The monoisotopic (exact) mass is 300 g/mol. The Kier molecular flexibility index (Phi) is 3.41. The van der Waals surface area contributed by atoms with Gasteiger partial charge in [0.2, 0.25) is 0 Å². The van der Waals surface area contributed by atoms with Crippen LogP contribution >= 0.6 is 0 Å². The van der Waals surface area contributed by atoms with E-state index in [1.807, 2.05) is 30.3 Å². The average molecular weight is 300 g/mol. The van der Waals surface area contributed by atoms with Crippen LogP contribution in [0.1, 0.15) is 0 Å². The predicted octanol–water partition coefficient (Wildman–Crippen LogP) is 2.27. The van der Waals surface area contributed by atoms with Crippen LogP contribution in [0.15, 0.2) is 65.6 Å². The average Bonchev–Trinajstić information content (AvgIpc) is 2.97. The molecule has 0 aliphatic carbocycles. The second-order valence-electron chi connectivity index (χ2n) is 4.29. The van der Waals surface area contributed by atoms with Gasteiger partial charge in [-0.3, -0.25) is 5.10 Å². The first-order chi connectivity index (χ1) is 10.1. The minimum absolute atomic E-state index is 0.0118. The number of benzene rings is 2. The number of hydrogen-bond donors (Lipinski definition) is 2. The van der Waals surface area contributed by atoms with E-state index in [1.54, 1.807) is 18.2 Å². The Hall–Kier alpha value is -2.67. The highest BCUT2D eigenvalue weighted by Gasteiger charge is 2.16. The summed E-state index contributed by atoms with van der Waals surface area (Å²) in [6, 6.07) is 17.4. The van der Waals surface area contributed by atoms with Crippen LogP contribution in [0.4, 0.5) is 5.95 Å². The van der Waals surface area contributed by atoms with Gasteiger partial charge in [0, 0.05) is 5.56 Å². The lowest BCUT2D eigenvalue weighted by Crippen LogP contribution is -2.13. The molecule has 2 N–H and O–H groups in total. The molecule has 0 aliphatic rings. The van der Waals surface area contributed by atoms with Crippen molar-refractivity contribution >= 4 is 16.0 Å². The van der Waals surface area contributed by atoms with E-state index < -0.39 is 10.0 Å². The maximum Gasteiger partial charge on any atom is 0.264 e. The number of nitrogens with zero attached hydrogens (tertiary/aromatic N) is 2. The Bertz CT molecular complexity index is 830. The zero-order valence-corrected chi connectivity index (χ0v) is 11.7. The van der Waals surface area contributed by atoms with Crippen molar-refractivity contribution in [2.45, 2.75) is 4.90 Å². The summed E-state index contributed by atoms with van der Waals surface area (Å²) in [7, 11) is -3.68. The maximum absolute atomic E-state index is 12.1. The molecule has 7 heteroatoms. The first-order valence-electron chi connectivity index (χ1n) is 6.21. The zero-order chi connectivity index (χ0) is 14.7. The van der Waals surface area contributed by atoms with Gasteiger partial charge in [-0.2, -0.15) is 4.98 Å². The Labute approximate surface area is 121 Å². The third-order valence-electron chi connectivity index (χ3n) is 2.81. The molecule has 106 valence electrons. The largest absolute Gasteiger partial charge is 0.264 e. The first-order valence-corrected chi connectivity index (χ1v) is 7.69. The van der Waals surface area contributed by atoms with E-state index in [0.29, 0.717) is 5.82 Å². The number of anilines is 1. The number of aromatic amines is 1. The lowest BCUT2D eigenvalue weighted by molar-refractivity contribution is 0.601. The van der Waals surface area contributed by atoms with Gasteiger partial charge in [0.25, 0.3) is 16.0 Å². The van der Waals surface area contributed by atoms with Crippen LogP contribution in [0.5, 0.6) is 0 Å². The van der Waals surface area contributed by atoms with Gasteiger partial charge in [-0.15, -0.1) is 5.10 Å². The van der Waals surface area contributed by atoms with Crippen molar-refractivity contribution < 1.29 is 8.42 Å². The number of hydrogen-bond acceptors (Lipinski definition) is 4. The third kappa shape index (κ3) is 2.92. The molecule has 0 radical (unpaired) electrons. The minimum atomic E-state index is -3.68. The molecule has 21 heavy (non-hydrogen) atoms. The molecule has 0 amide bonds. The second-order valence-corrected chi connectivity index (χ2v) is 5.97. The van der Waals surface area contributed by atoms with Gasteiger partial charge in [0.1, 0.15) is 0 Å². The predicted molar refractivity (Wildman–Crippen MR) is 79.1 cm³/mol. The van der Waals surface area contributed by atoms with Gasteiger partial charge in [-0.1, -0.05) is 48.5 Å². The van der Waals surface area contributed by atoms with E-state index in [0.717, 1.165) is 5.56 Å². The Morgan fingerprint density at radius 3 is 2.19 bits per heavy atom. The molecule has 0 unspecified atom stereocenters. The lowest BCUT2D eigenvalue weighted by Gasteiger charge is -2.03. The van der Waals surface area contributed by atoms with Crippen LogP contribution in [-0.4, -0.2) is 23.6 Å². The number of aromatic nitrogens is 3. The summed E-state index contributed by atoms with van der Waals surface area (Å²) in [5, 5.41) is 6.58. The van der Waals surface area contributed by atoms with Crippen LogP contribution in [0.25, 0.3) is 11.4 Å². The van der Waals surface area contributed by atoms with Gasteiger partial charge >= 0.3 is 0 Å². The van der Waals surface area contributed by atoms with Gasteiger partial charge in [-0.25, -0.2) is 13.1 Å². The van der Waals surface area contributed by atoms with E-state index in [2.05, 4.69) is 19.9 Å². The molecule has 0 fully saturated rings. The smallest absolute Gasteiger partial charge is 0.257 e. The summed E-state index contributed by atoms with van der Waals surface area (Å²) < 4.78 is 26.6. The van der Waals surface area contributed by atoms with Gasteiger partial charge < -0.3 is 0 Å². The molecule has 6 nitrogen and oxygen atoms in total. The highest BCUT2D eigenvalue weighted by atomic mass is 32.2. The molecule has 1 aromatic heterocycles. The molecule has 0 aliphatic heterocycles. The molecule has 0 bridgehead atoms. The molecular formula is C14H12N4O2S. The molecule has 2 aromatic carbocycles. The Balaban J connectivity index is 1.85. The summed E-state index contributed by atoms with van der Waals surface area (Å²) in [6.45, 7) is 0. The molecule has 0 spiro atoms. The van der Waals surface area contributed by atoms with E-state index in [-0.39, 0.29) is 10.8 Å². The number of sulfonamides is 1. The summed E-state index contributed by atoms with van der Waals surface area (Å²) in [4.78, 5) is 4.30. The Morgan fingerprint density at radius 2 is 1.52 bits per heavy atom. The fourth-order valence-electron chi connectivity index (χ4n) is 1.81. The zero-order valence-electron chi connectivity index (χ0n) is 10.9.